The van der Waals surface area contributed by atoms with E-state index in [0.717, 1.165) is 0 Å². The number of anilines is 1. The summed E-state index contributed by atoms with van der Waals surface area (Å²) in [6.45, 7) is 7.22. The molecule has 0 unspecified atom stereocenters. The smallest absolute Gasteiger partial charge is 0.412 e. The Kier molecular flexibility index (Phi) is 3.93. The fraction of sp³-hybridized carbons (Fsp3) is 0.500. The molecule has 1 heterocycles. The first-order chi connectivity index (χ1) is 7.81. The molecule has 0 spiro atoms. The number of aryl methyl sites for hydroxylation is 1. The Morgan fingerprint density at radius 1 is 1.41 bits per heavy atom. The number of nitrogens with one attached hydrogen (secondary N) is 1. The van der Waals surface area contributed by atoms with Gasteiger partial charge in [0.1, 0.15) is 11.4 Å². The molecule has 94 valence electrons. The van der Waals surface area contributed by atoms with Crippen molar-refractivity contribution in [2.75, 3.05) is 12.4 Å². The van der Waals surface area contributed by atoms with Gasteiger partial charge >= 0.3 is 6.09 Å². The van der Waals surface area contributed by atoms with Crippen LogP contribution in [0.5, 0.6) is 5.75 Å². The molecule has 1 amide bonds. The molecule has 0 fully saturated rings. The van der Waals surface area contributed by atoms with E-state index in [1.54, 1.807) is 26.3 Å². The van der Waals surface area contributed by atoms with Crippen molar-refractivity contribution in [2.45, 2.75) is 33.3 Å². The SMILES string of the molecule is COc1cnc(C)c(NC(=O)OC(C)(C)C)c1. The Morgan fingerprint density at radius 2 is 2.06 bits per heavy atom. The van der Waals surface area contributed by atoms with Crippen molar-refractivity contribution < 1.29 is 14.3 Å². The first-order valence-electron chi connectivity index (χ1n) is 5.32. The van der Waals surface area contributed by atoms with Gasteiger partial charge in [0.15, 0.2) is 0 Å². The normalized spacial score (nSPS) is 10.9. The van der Waals surface area contributed by atoms with E-state index < -0.39 is 11.7 Å². The summed E-state index contributed by atoms with van der Waals surface area (Å²) in [7, 11) is 1.55. The third-order valence-corrected chi connectivity index (χ3v) is 1.93. The first kappa shape index (κ1) is 13.3. The van der Waals surface area contributed by atoms with Gasteiger partial charge in [0.05, 0.1) is 24.7 Å². The number of aromatic nitrogens is 1. The number of carbonyl (C=O) groups excluding carboxylic acids is 1. The average molecular weight is 238 g/mol. The quantitative estimate of drug-likeness (QED) is 0.860. The first-order valence-corrected chi connectivity index (χ1v) is 5.32. The highest BCUT2D eigenvalue weighted by Crippen LogP contribution is 2.20. The van der Waals surface area contributed by atoms with E-state index in [1.165, 1.54) is 0 Å². The number of pyridine rings is 1. The van der Waals surface area contributed by atoms with Crippen LogP contribution in [0.2, 0.25) is 0 Å². The zero-order valence-corrected chi connectivity index (χ0v) is 10.8. The second-order valence-electron chi connectivity index (χ2n) is 4.64. The molecule has 5 nitrogen and oxygen atoms in total. The lowest BCUT2D eigenvalue weighted by atomic mass is 10.2. The topological polar surface area (TPSA) is 60.5 Å². The van der Waals surface area contributed by atoms with Gasteiger partial charge in [-0.2, -0.15) is 0 Å². The van der Waals surface area contributed by atoms with Crippen molar-refractivity contribution >= 4 is 11.8 Å². The lowest BCUT2D eigenvalue weighted by Gasteiger charge is -2.20. The molecule has 0 aliphatic heterocycles. The number of ether oxygens (including phenoxy) is 2. The minimum atomic E-state index is -0.524. The van der Waals surface area contributed by atoms with Gasteiger partial charge in [-0.05, 0) is 27.7 Å². The molecule has 1 N–H and O–H groups in total. The Labute approximate surface area is 101 Å². The van der Waals surface area contributed by atoms with E-state index in [0.29, 0.717) is 17.1 Å². The predicted molar refractivity (Wildman–Crippen MR) is 65.4 cm³/mol. The predicted octanol–water partition coefficient (Wildman–Crippen LogP) is 2.75. The summed E-state index contributed by atoms with van der Waals surface area (Å²) in [5, 5.41) is 2.64. The summed E-state index contributed by atoms with van der Waals surface area (Å²) in [4.78, 5) is 15.7. The molecule has 5 heteroatoms. The number of hydrogen-bond acceptors (Lipinski definition) is 4. The average Bonchev–Trinajstić information content (AvgIpc) is 2.18. The van der Waals surface area contributed by atoms with Gasteiger partial charge in [-0.25, -0.2) is 4.79 Å². The fourth-order valence-electron chi connectivity index (χ4n) is 1.17. The molecule has 0 aromatic carbocycles. The molecule has 0 aliphatic rings. The maximum Gasteiger partial charge on any atom is 0.412 e. The van der Waals surface area contributed by atoms with Crippen LogP contribution >= 0.6 is 0 Å². The van der Waals surface area contributed by atoms with E-state index >= 15 is 0 Å². The van der Waals surface area contributed by atoms with E-state index in [1.807, 2.05) is 20.8 Å². The molecule has 1 aromatic heterocycles. The number of methoxy groups -OCH3 is 1. The van der Waals surface area contributed by atoms with Crippen molar-refractivity contribution in [3.63, 3.8) is 0 Å². The highest BCUT2D eigenvalue weighted by Gasteiger charge is 2.17. The summed E-state index contributed by atoms with van der Waals surface area (Å²) in [5.41, 5.74) is 0.764. The summed E-state index contributed by atoms with van der Waals surface area (Å²) in [6, 6.07) is 1.70. The van der Waals surface area contributed by atoms with Gasteiger partial charge in [0.2, 0.25) is 0 Å². The Hall–Kier alpha value is -1.78. The summed E-state index contributed by atoms with van der Waals surface area (Å²) >= 11 is 0. The van der Waals surface area contributed by atoms with E-state index in [9.17, 15) is 4.79 Å². The summed E-state index contributed by atoms with van der Waals surface area (Å²) < 4.78 is 10.2. The van der Waals surface area contributed by atoms with Crippen LogP contribution in [0, 0.1) is 6.92 Å². The molecule has 0 saturated heterocycles. The van der Waals surface area contributed by atoms with Crippen LogP contribution in [0.3, 0.4) is 0 Å². The Morgan fingerprint density at radius 3 is 2.59 bits per heavy atom. The molecule has 0 atom stereocenters. The van der Waals surface area contributed by atoms with Crippen molar-refractivity contribution in [3.8, 4) is 5.75 Å². The van der Waals surface area contributed by atoms with Gasteiger partial charge in [0.25, 0.3) is 0 Å². The third kappa shape index (κ3) is 4.30. The largest absolute Gasteiger partial charge is 0.495 e. The van der Waals surface area contributed by atoms with Gasteiger partial charge < -0.3 is 9.47 Å². The second-order valence-corrected chi connectivity index (χ2v) is 4.64. The second kappa shape index (κ2) is 5.03. The molecule has 1 rings (SSSR count). The zero-order chi connectivity index (χ0) is 13.1. The van der Waals surface area contributed by atoms with Crippen LogP contribution in [-0.4, -0.2) is 23.8 Å². The van der Waals surface area contributed by atoms with Crippen molar-refractivity contribution in [3.05, 3.63) is 18.0 Å². The van der Waals surface area contributed by atoms with Crippen LogP contribution in [-0.2, 0) is 4.74 Å². The number of carbonyl (C=O) groups is 1. The highest BCUT2D eigenvalue weighted by molar-refractivity contribution is 5.85. The maximum absolute atomic E-state index is 11.6. The van der Waals surface area contributed by atoms with Crippen molar-refractivity contribution in [1.29, 1.82) is 0 Å². The number of amides is 1. The van der Waals surface area contributed by atoms with Gasteiger partial charge in [-0.15, -0.1) is 0 Å². The number of rotatable bonds is 2. The number of hydrogen-bond donors (Lipinski definition) is 1. The standard InChI is InChI=1S/C12H18N2O3/c1-8-10(6-9(16-5)7-13-8)14-11(15)17-12(2,3)4/h6-7H,1-5H3,(H,14,15). The summed E-state index contributed by atoms with van der Waals surface area (Å²) in [6.07, 6.45) is 1.09. The zero-order valence-electron chi connectivity index (χ0n) is 10.8. The van der Waals surface area contributed by atoms with Gasteiger partial charge in [-0.3, -0.25) is 10.3 Å². The monoisotopic (exact) mass is 238 g/mol. The van der Waals surface area contributed by atoms with Gasteiger partial charge in [-0.1, -0.05) is 0 Å². The van der Waals surface area contributed by atoms with Crippen molar-refractivity contribution in [1.82, 2.24) is 4.98 Å². The van der Waals surface area contributed by atoms with Crippen LogP contribution in [0.4, 0.5) is 10.5 Å². The van der Waals surface area contributed by atoms with Crippen LogP contribution in [0.25, 0.3) is 0 Å². The minimum absolute atomic E-state index is 0.504. The van der Waals surface area contributed by atoms with Crippen LogP contribution in [0.15, 0.2) is 12.3 Å². The molecule has 0 aliphatic carbocycles. The molecule has 0 saturated carbocycles. The maximum atomic E-state index is 11.6. The fourth-order valence-corrected chi connectivity index (χ4v) is 1.17. The third-order valence-electron chi connectivity index (χ3n) is 1.93. The lowest BCUT2D eigenvalue weighted by molar-refractivity contribution is 0.0635. The Bertz CT molecular complexity index is 411. The Balaban J connectivity index is 2.77. The highest BCUT2D eigenvalue weighted by atomic mass is 16.6. The van der Waals surface area contributed by atoms with E-state index in [-0.39, 0.29) is 0 Å². The molecule has 1 aromatic rings. The molecule has 0 radical (unpaired) electrons. The molecular formula is C12H18N2O3. The molecular weight excluding hydrogens is 220 g/mol. The molecule has 0 bridgehead atoms. The van der Waals surface area contributed by atoms with Crippen LogP contribution in [0.1, 0.15) is 26.5 Å². The van der Waals surface area contributed by atoms with Crippen LogP contribution < -0.4 is 10.1 Å². The van der Waals surface area contributed by atoms with Gasteiger partial charge in [0, 0.05) is 6.07 Å². The van der Waals surface area contributed by atoms with E-state index in [4.69, 9.17) is 9.47 Å². The minimum Gasteiger partial charge on any atom is -0.495 e. The van der Waals surface area contributed by atoms with E-state index in [2.05, 4.69) is 10.3 Å². The molecule has 17 heavy (non-hydrogen) atoms. The lowest BCUT2D eigenvalue weighted by Crippen LogP contribution is -2.27. The summed E-state index contributed by atoms with van der Waals surface area (Å²) in [5.74, 6) is 0.585. The van der Waals surface area contributed by atoms with Crippen molar-refractivity contribution in [2.24, 2.45) is 0 Å². The number of nitrogens with zero attached hydrogens (tertiary/aromatic N) is 1.